The largest absolute Gasteiger partial charge is 0.444 e. The Morgan fingerprint density at radius 3 is 2.41 bits per heavy atom. The smallest absolute Gasteiger partial charge is 0.411 e. The van der Waals surface area contributed by atoms with Crippen LogP contribution in [0.25, 0.3) is 0 Å². The van der Waals surface area contributed by atoms with E-state index in [4.69, 9.17) is 15.6 Å². The molecular formula is C18H26F2N2O4S. The minimum Gasteiger partial charge on any atom is -0.444 e. The Morgan fingerprint density at radius 2 is 1.93 bits per heavy atom. The number of ether oxygens (including phenoxy) is 1. The van der Waals surface area contributed by atoms with Crippen LogP contribution in [0.1, 0.15) is 32.8 Å². The second-order valence-electron chi connectivity index (χ2n) is 6.83. The third-order valence-electron chi connectivity index (χ3n) is 3.41. The highest BCUT2D eigenvalue weighted by Crippen LogP contribution is 2.25. The average Bonchev–Trinajstić information content (AvgIpc) is 3.03. The van der Waals surface area contributed by atoms with Crippen molar-refractivity contribution >= 4 is 23.8 Å². The normalized spacial score (nSPS) is 16.5. The summed E-state index contributed by atoms with van der Waals surface area (Å²) in [5.74, 6) is -0.859. The van der Waals surface area contributed by atoms with Gasteiger partial charge in [-0.3, -0.25) is 9.69 Å². The molecule has 9 heteroatoms. The summed E-state index contributed by atoms with van der Waals surface area (Å²) in [4.78, 5) is 24.1. The second-order valence-corrected chi connectivity index (χ2v) is 8.01. The first-order valence-electron chi connectivity index (χ1n) is 8.51. The van der Waals surface area contributed by atoms with E-state index in [2.05, 4.69) is 0 Å². The number of hydrogen-bond donors (Lipinski definition) is 2. The third kappa shape index (κ3) is 7.72. The molecule has 2 rings (SSSR count). The maximum atomic E-state index is 12.9. The molecule has 1 aromatic carbocycles. The Bertz CT molecular complexity index is 632. The van der Waals surface area contributed by atoms with Crippen molar-refractivity contribution in [3.05, 3.63) is 35.4 Å². The molecule has 1 aromatic rings. The molecular weight excluding hydrogens is 378 g/mol. The molecule has 1 unspecified atom stereocenters. The molecule has 6 nitrogen and oxygen atoms in total. The van der Waals surface area contributed by atoms with E-state index >= 15 is 0 Å². The van der Waals surface area contributed by atoms with E-state index in [1.165, 1.54) is 34.9 Å². The predicted octanol–water partition coefficient (Wildman–Crippen LogP) is 2.67. The molecule has 0 aromatic heterocycles. The zero-order chi connectivity index (χ0) is 20.6. The molecule has 2 amide bonds. The van der Waals surface area contributed by atoms with Crippen molar-refractivity contribution in [1.29, 1.82) is 0 Å². The van der Waals surface area contributed by atoms with E-state index in [1.807, 2.05) is 0 Å². The minimum absolute atomic E-state index is 0.0478. The Morgan fingerprint density at radius 1 is 1.33 bits per heavy atom. The summed E-state index contributed by atoms with van der Waals surface area (Å²) >= 11 is 1.36. The Kier molecular flexibility index (Phi) is 8.98. The molecule has 3 N–H and O–H groups in total. The minimum atomic E-state index is -0.583. The summed E-state index contributed by atoms with van der Waals surface area (Å²) in [5.41, 5.74) is 4.69. The molecule has 0 spiro atoms. The topological polar surface area (TPSA) is 92.9 Å². The monoisotopic (exact) mass is 404 g/mol. The van der Waals surface area contributed by atoms with Gasteiger partial charge in [0.2, 0.25) is 0 Å². The highest BCUT2D eigenvalue weighted by Gasteiger charge is 2.35. The maximum Gasteiger partial charge on any atom is 0.411 e. The number of halogens is 2. The van der Waals surface area contributed by atoms with Gasteiger partial charge in [-0.05, 0) is 45.7 Å². The van der Waals surface area contributed by atoms with Gasteiger partial charge in [-0.25, -0.2) is 13.6 Å². The fourth-order valence-corrected chi connectivity index (χ4v) is 3.30. The van der Waals surface area contributed by atoms with E-state index in [9.17, 15) is 18.4 Å². The maximum absolute atomic E-state index is 12.9. The number of aliphatic hydroxyl groups is 1. The van der Waals surface area contributed by atoms with E-state index in [0.717, 1.165) is 0 Å². The molecule has 1 aliphatic rings. The number of amides is 2. The average molecular weight is 404 g/mol. The molecule has 1 saturated heterocycles. The van der Waals surface area contributed by atoms with Gasteiger partial charge >= 0.3 is 6.09 Å². The molecule has 1 atom stereocenters. The molecule has 152 valence electrons. The fraction of sp³-hybridized carbons (Fsp3) is 0.556. The van der Waals surface area contributed by atoms with Crippen molar-refractivity contribution in [3.8, 4) is 0 Å². The summed E-state index contributed by atoms with van der Waals surface area (Å²) < 4.78 is 30.9. The molecule has 1 fully saturated rings. The summed E-state index contributed by atoms with van der Waals surface area (Å²) in [6.45, 7) is 5.81. The summed E-state index contributed by atoms with van der Waals surface area (Å²) in [6.07, 6.45) is 0.156. The highest BCUT2D eigenvalue weighted by molar-refractivity contribution is 8.00. The van der Waals surface area contributed by atoms with Crippen LogP contribution in [0.2, 0.25) is 0 Å². The lowest BCUT2D eigenvalue weighted by molar-refractivity contribution is -0.120. The third-order valence-corrected chi connectivity index (χ3v) is 4.63. The Hall–Kier alpha value is -1.87. The molecule has 0 radical (unpaired) electrons. The van der Waals surface area contributed by atoms with Crippen molar-refractivity contribution in [2.24, 2.45) is 5.73 Å². The number of hydrogen-bond acceptors (Lipinski definition) is 5. The van der Waals surface area contributed by atoms with Crippen LogP contribution in [0, 0.1) is 11.6 Å². The summed E-state index contributed by atoms with van der Waals surface area (Å²) in [7, 11) is 0. The summed E-state index contributed by atoms with van der Waals surface area (Å²) in [5, 5.41) is 7.88. The van der Waals surface area contributed by atoms with Crippen LogP contribution in [0.3, 0.4) is 0 Å². The number of nitrogens with two attached hydrogens (primary N) is 1. The molecule has 0 aliphatic carbocycles. The second kappa shape index (κ2) is 10.5. The van der Waals surface area contributed by atoms with Crippen molar-refractivity contribution in [1.82, 2.24) is 4.90 Å². The zero-order valence-corrected chi connectivity index (χ0v) is 16.5. The lowest BCUT2D eigenvalue weighted by Crippen LogP contribution is -2.44. The van der Waals surface area contributed by atoms with Gasteiger partial charge in [0.1, 0.15) is 17.2 Å². The van der Waals surface area contributed by atoms with Gasteiger partial charge in [0, 0.05) is 24.5 Å². The molecule has 1 heterocycles. The first-order chi connectivity index (χ1) is 12.6. The van der Waals surface area contributed by atoms with Crippen molar-refractivity contribution < 1.29 is 28.2 Å². The number of carbonyl (C=O) groups excluding carboxylic acids is 2. The van der Waals surface area contributed by atoms with Crippen LogP contribution < -0.4 is 5.73 Å². The highest BCUT2D eigenvalue weighted by atomic mass is 32.2. The lowest BCUT2D eigenvalue weighted by Gasteiger charge is -2.26. The van der Waals surface area contributed by atoms with Gasteiger partial charge in [0.25, 0.3) is 5.91 Å². The lowest BCUT2D eigenvalue weighted by atomic mass is 10.1. The van der Waals surface area contributed by atoms with Crippen molar-refractivity contribution in [3.63, 3.8) is 0 Å². The van der Waals surface area contributed by atoms with Gasteiger partial charge in [0.05, 0.1) is 0 Å². The molecule has 1 aliphatic heterocycles. The van der Waals surface area contributed by atoms with E-state index in [1.54, 1.807) is 20.8 Å². The van der Waals surface area contributed by atoms with Crippen molar-refractivity contribution in [2.45, 2.75) is 44.6 Å². The van der Waals surface area contributed by atoms with Crippen LogP contribution in [0.5, 0.6) is 0 Å². The standard InChI is InChI=1S/C9H10F2O.C9H16N2O3S/c10-8-4-1-5-9(11)7(8)3-2-6-12;1-9(2,3)14-8(13)11-4-5-15-7(11)6(10)12/h1,4-5,12H,2-3,6H2;7H,4-5H2,1-3H3,(H2,10,12). The van der Waals surface area contributed by atoms with Crippen LogP contribution in [-0.4, -0.2) is 51.9 Å². The number of rotatable bonds is 4. The SMILES string of the molecule is CC(C)(C)OC(=O)N1CCSC1C(N)=O.OCCCc1c(F)cccc1F. The summed E-state index contributed by atoms with van der Waals surface area (Å²) in [6, 6.07) is 3.76. The van der Waals surface area contributed by atoms with Gasteiger partial charge < -0.3 is 15.6 Å². The Balaban J connectivity index is 0.000000277. The van der Waals surface area contributed by atoms with Gasteiger partial charge in [-0.15, -0.1) is 11.8 Å². The van der Waals surface area contributed by atoms with Gasteiger partial charge in [-0.2, -0.15) is 0 Å². The number of nitrogens with zero attached hydrogens (tertiary/aromatic N) is 1. The number of thioether (sulfide) groups is 1. The van der Waals surface area contributed by atoms with E-state index in [0.29, 0.717) is 18.7 Å². The number of benzene rings is 1. The van der Waals surface area contributed by atoms with Gasteiger partial charge in [-0.1, -0.05) is 6.07 Å². The number of primary amides is 1. The number of carbonyl (C=O) groups is 2. The molecule has 0 saturated carbocycles. The zero-order valence-electron chi connectivity index (χ0n) is 15.7. The predicted molar refractivity (Wildman–Crippen MR) is 100 cm³/mol. The van der Waals surface area contributed by atoms with Gasteiger partial charge in [0.15, 0.2) is 5.37 Å². The fourth-order valence-electron chi connectivity index (χ4n) is 2.24. The van der Waals surface area contributed by atoms with Crippen LogP contribution in [0.4, 0.5) is 13.6 Å². The molecule has 0 bridgehead atoms. The quantitative estimate of drug-likeness (QED) is 0.805. The van der Waals surface area contributed by atoms with E-state index < -0.39 is 34.6 Å². The van der Waals surface area contributed by atoms with Crippen LogP contribution >= 0.6 is 11.8 Å². The van der Waals surface area contributed by atoms with E-state index in [-0.39, 0.29) is 18.6 Å². The van der Waals surface area contributed by atoms with Crippen molar-refractivity contribution in [2.75, 3.05) is 18.9 Å². The number of aliphatic hydroxyl groups excluding tert-OH is 1. The first-order valence-corrected chi connectivity index (χ1v) is 9.56. The molecule has 27 heavy (non-hydrogen) atoms. The van der Waals surface area contributed by atoms with Crippen LogP contribution in [-0.2, 0) is 16.0 Å². The Labute approximate surface area is 162 Å². The first kappa shape index (κ1) is 23.2. The van der Waals surface area contributed by atoms with Crippen LogP contribution in [0.15, 0.2) is 18.2 Å².